The van der Waals surface area contributed by atoms with Gasteiger partial charge in [-0.3, -0.25) is 0 Å². The molecule has 0 aliphatic heterocycles. The van der Waals surface area contributed by atoms with E-state index in [9.17, 15) is 0 Å². The van der Waals surface area contributed by atoms with Crippen molar-refractivity contribution in [3.8, 4) is 0 Å². The van der Waals surface area contributed by atoms with Crippen LogP contribution < -0.4 is 0 Å². The van der Waals surface area contributed by atoms with Crippen molar-refractivity contribution >= 4 is 0 Å². The summed E-state index contributed by atoms with van der Waals surface area (Å²) in [7, 11) is 4.23. The lowest BCUT2D eigenvalue weighted by Crippen LogP contribution is -2.18. The van der Waals surface area contributed by atoms with Gasteiger partial charge >= 0.3 is 0 Å². The summed E-state index contributed by atoms with van der Waals surface area (Å²) in [6, 6.07) is 8.82. The van der Waals surface area contributed by atoms with E-state index in [-0.39, 0.29) is 0 Å². The molecule has 0 fully saturated rings. The lowest BCUT2D eigenvalue weighted by Gasteiger charge is -2.17. The van der Waals surface area contributed by atoms with E-state index < -0.39 is 0 Å². The molecule has 0 aliphatic carbocycles. The highest BCUT2D eigenvalue weighted by Crippen LogP contribution is 2.15. The molecule has 1 aromatic carbocycles. The summed E-state index contributed by atoms with van der Waals surface area (Å²) < 4.78 is 0. The first-order valence-corrected chi connectivity index (χ1v) is 4.81. The fourth-order valence-corrected chi connectivity index (χ4v) is 1.55. The summed E-state index contributed by atoms with van der Waals surface area (Å²) in [6.45, 7) is 5.51. The molecule has 0 bridgehead atoms. The molecule has 13 heavy (non-hydrogen) atoms. The highest BCUT2D eigenvalue weighted by molar-refractivity contribution is 5.24. The van der Waals surface area contributed by atoms with E-state index in [1.165, 1.54) is 11.1 Å². The van der Waals surface area contributed by atoms with E-state index >= 15 is 0 Å². The van der Waals surface area contributed by atoms with Crippen molar-refractivity contribution in [3.63, 3.8) is 0 Å². The second-order valence-electron chi connectivity index (χ2n) is 4.07. The molecule has 1 nitrogen and oxygen atoms in total. The van der Waals surface area contributed by atoms with Crippen LogP contribution in [0.2, 0.25) is 0 Å². The summed E-state index contributed by atoms with van der Waals surface area (Å²) in [5.41, 5.74) is 2.76. The molecule has 1 heteroatoms. The Hall–Kier alpha value is -0.820. The second kappa shape index (κ2) is 4.43. The minimum atomic E-state index is 0.621. The van der Waals surface area contributed by atoms with E-state index in [0.717, 1.165) is 6.54 Å². The lowest BCUT2D eigenvalue weighted by molar-refractivity contribution is 0.383. The van der Waals surface area contributed by atoms with Crippen LogP contribution in [0.4, 0.5) is 0 Å². The predicted molar refractivity (Wildman–Crippen MR) is 58.1 cm³/mol. The van der Waals surface area contributed by atoms with Crippen LogP contribution in [-0.2, 0) is 0 Å². The topological polar surface area (TPSA) is 3.24 Å². The molecule has 1 atom stereocenters. The Morgan fingerprint density at radius 2 is 1.69 bits per heavy atom. The molecule has 0 radical (unpaired) electrons. The standard InChI is InChI=1S/C12H19N/c1-10-5-7-12(8-6-10)11(2)9-13(3)4/h5-8,11H,9H2,1-4H3. The van der Waals surface area contributed by atoms with Gasteiger partial charge in [-0.05, 0) is 32.5 Å². The third-order valence-corrected chi connectivity index (χ3v) is 2.29. The molecule has 0 aromatic heterocycles. The minimum Gasteiger partial charge on any atom is -0.309 e. The van der Waals surface area contributed by atoms with E-state index in [1.807, 2.05) is 0 Å². The maximum atomic E-state index is 2.27. The van der Waals surface area contributed by atoms with Gasteiger partial charge in [0.2, 0.25) is 0 Å². The number of nitrogens with zero attached hydrogens (tertiary/aromatic N) is 1. The Labute approximate surface area is 81.4 Å². The number of hydrogen-bond acceptors (Lipinski definition) is 1. The summed E-state index contributed by atoms with van der Waals surface area (Å²) in [5.74, 6) is 0.621. The fourth-order valence-electron chi connectivity index (χ4n) is 1.55. The Bertz CT molecular complexity index is 248. The zero-order valence-corrected chi connectivity index (χ0v) is 9.04. The van der Waals surface area contributed by atoms with Crippen LogP contribution in [0, 0.1) is 6.92 Å². The molecule has 1 aromatic rings. The molecule has 0 saturated heterocycles. The van der Waals surface area contributed by atoms with Gasteiger partial charge in [-0.25, -0.2) is 0 Å². The third-order valence-electron chi connectivity index (χ3n) is 2.29. The third kappa shape index (κ3) is 3.19. The molecule has 0 aliphatic rings. The average Bonchev–Trinajstić information content (AvgIpc) is 2.04. The van der Waals surface area contributed by atoms with Gasteiger partial charge in [0, 0.05) is 6.54 Å². The zero-order chi connectivity index (χ0) is 9.84. The number of hydrogen-bond donors (Lipinski definition) is 0. The van der Waals surface area contributed by atoms with Gasteiger partial charge in [0.25, 0.3) is 0 Å². The van der Waals surface area contributed by atoms with E-state index in [0.29, 0.717) is 5.92 Å². The Morgan fingerprint density at radius 1 is 1.15 bits per heavy atom. The Morgan fingerprint density at radius 3 is 2.15 bits per heavy atom. The van der Waals surface area contributed by atoms with Crippen LogP contribution in [-0.4, -0.2) is 25.5 Å². The monoisotopic (exact) mass is 177 g/mol. The van der Waals surface area contributed by atoms with Gasteiger partial charge in [0.1, 0.15) is 0 Å². The van der Waals surface area contributed by atoms with E-state index in [4.69, 9.17) is 0 Å². The van der Waals surface area contributed by atoms with E-state index in [2.05, 4.69) is 57.1 Å². The van der Waals surface area contributed by atoms with Crippen molar-refractivity contribution in [2.45, 2.75) is 19.8 Å². The summed E-state index contributed by atoms with van der Waals surface area (Å²) >= 11 is 0. The molecular weight excluding hydrogens is 158 g/mol. The highest BCUT2D eigenvalue weighted by atomic mass is 15.1. The minimum absolute atomic E-state index is 0.621. The van der Waals surface area contributed by atoms with Crippen molar-refractivity contribution in [3.05, 3.63) is 35.4 Å². The predicted octanol–water partition coefficient (Wildman–Crippen LogP) is 2.66. The van der Waals surface area contributed by atoms with Crippen LogP contribution in [0.1, 0.15) is 24.0 Å². The largest absolute Gasteiger partial charge is 0.309 e. The normalized spacial score (nSPS) is 13.3. The van der Waals surface area contributed by atoms with Crippen molar-refractivity contribution in [1.82, 2.24) is 4.90 Å². The number of rotatable bonds is 3. The lowest BCUT2D eigenvalue weighted by atomic mass is 10.00. The number of likely N-dealkylation sites (N-methyl/N-ethyl adjacent to an activating group) is 1. The van der Waals surface area contributed by atoms with Crippen molar-refractivity contribution in [2.75, 3.05) is 20.6 Å². The van der Waals surface area contributed by atoms with Gasteiger partial charge < -0.3 is 4.90 Å². The summed E-state index contributed by atoms with van der Waals surface area (Å²) in [4.78, 5) is 2.23. The molecule has 0 spiro atoms. The molecule has 0 saturated carbocycles. The molecule has 0 heterocycles. The van der Waals surface area contributed by atoms with Gasteiger partial charge in [0.15, 0.2) is 0 Å². The van der Waals surface area contributed by atoms with Crippen LogP contribution in [0.3, 0.4) is 0 Å². The summed E-state index contributed by atoms with van der Waals surface area (Å²) in [6.07, 6.45) is 0. The zero-order valence-electron chi connectivity index (χ0n) is 9.04. The van der Waals surface area contributed by atoms with Gasteiger partial charge in [-0.2, -0.15) is 0 Å². The second-order valence-corrected chi connectivity index (χ2v) is 4.07. The Balaban J connectivity index is 2.66. The van der Waals surface area contributed by atoms with Crippen LogP contribution in [0.5, 0.6) is 0 Å². The van der Waals surface area contributed by atoms with Crippen LogP contribution >= 0.6 is 0 Å². The van der Waals surface area contributed by atoms with Crippen molar-refractivity contribution in [2.24, 2.45) is 0 Å². The maximum absolute atomic E-state index is 2.27. The maximum Gasteiger partial charge on any atom is 0.00415 e. The first-order chi connectivity index (χ1) is 6.09. The highest BCUT2D eigenvalue weighted by Gasteiger charge is 2.05. The molecule has 0 N–H and O–H groups in total. The Kier molecular flexibility index (Phi) is 3.49. The first-order valence-electron chi connectivity index (χ1n) is 4.81. The smallest absolute Gasteiger partial charge is 0.00415 e. The van der Waals surface area contributed by atoms with Gasteiger partial charge in [-0.1, -0.05) is 36.8 Å². The molecular formula is C12H19N. The van der Waals surface area contributed by atoms with Gasteiger partial charge in [0.05, 0.1) is 0 Å². The number of benzene rings is 1. The number of aryl methyl sites for hydroxylation is 1. The van der Waals surface area contributed by atoms with Gasteiger partial charge in [-0.15, -0.1) is 0 Å². The molecule has 0 amide bonds. The average molecular weight is 177 g/mol. The van der Waals surface area contributed by atoms with Crippen molar-refractivity contribution < 1.29 is 0 Å². The van der Waals surface area contributed by atoms with E-state index in [1.54, 1.807) is 0 Å². The summed E-state index contributed by atoms with van der Waals surface area (Å²) in [5, 5.41) is 0. The van der Waals surface area contributed by atoms with Crippen LogP contribution in [0.25, 0.3) is 0 Å². The first kappa shape index (κ1) is 10.3. The van der Waals surface area contributed by atoms with Crippen LogP contribution in [0.15, 0.2) is 24.3 Å². The molecule has 72 valence electrons. The van der Waals surface area contributed by atoms with Crippen molar-refractivity contribution in [1.29, 1.82) is 0 Å². The SMILES string of the molecule is Cc1ccc(C(C)CN(C)C)cc1. The molecule has 1 unspecified atom stereocenters. The molecule has 1 rings (SSSR count). The fraction of sp³-hybridized carbons (Fsp3) is 0.500. The quantitative estimate of drug-likeness (QED) is 0.686.